The molecule has 0 radical (unpaired) electrons. The summed E-state index contributed by atoms with van der Waals surface area (Å²) >= 11 is 0. The highest BCUT2D eigenvalue weighted by Crippen LogP contribution is 2.27. The zero-order valence-electron chi connectivity index (χ0n) is 12.7. The zero-order chi connectivity index (χ0) is 13.7. The summed E-state index contributed by atoms with van der Waals surface area (Å²) in [4.78, 5) is 16.7. The Kier molecular flexibility index (Phi) is 5.68. The summed E-state index contributed by atoms with van der Waals surface area (Å²) in [5.41, 5.74) is 0. The Balaban J connectivity index is 1.69. The summed E-state index contributed by atoms with van der Waals surface area (Å²) in [5.74, 6) is 1.20. The summed E-state index contributed by atoms with van der Waals surface area (Å²) in [5, 5.41) is 0. The maximum absolute atomic E-state index is 12.3. The van der Waals surface area contributed by atoms with Crippen molar-refractivity contribution in [2.45, 2.75) is 63.8 Å². The minimum absolute atomic E-state index is 0.375. The van der Waals surface area contributed by atoms with Crippen molar-refractivity contribution in [2.24, 2.45) is 5.92 Å². The topological polar surface area (TPSA) is 23.6 Å². The second-order valence-electron chi connectivity index (χ2n) is 6.58. The standard InChI is InChI=1S/C16H30N2O/c1-17-12-10-15(11-13-17)18(2)16(19)9-8-14-6-4-3-5-7-14/h14-15H,3-13H2,1-2H3. The molecule has 1 aliphatic heterocycles. The van der Waals surface area contributed by atoms with E-state index >= 15 is 0 Å². The van der Waals surface area contributed by atoms with Gasteiger partial charge in [0.1, 0.15) is 0 Å². The van der Waals surface area contributed by atoms with E-state index in [1.807, 2.05) is 11.9 Å². The molecule has 0 spiro atoms. The van der Waals surface area contributed by atoms with Gasteiger partial charge in [0.2, 0.25) is 5.91 Å². The minimum atomic E-state index is 0.375. The minimum Gasteiger partial charge on any atom is -0.343 e. The lowest BCUT2D eigenvalue weighted by Gasteiger charge is -2.35. The van der Waals surface area contributed by atoms with Crippen LogP contribution in [0.3, 0.4) is 0 Å². The quantitative estimate of drug-likeness (QED) is 0.781. The van der Waals surface area contributed by atoms with Crippen LogP contribution in [0.1, 0.15) is 57.8 Å². The number of amides is 1. The van der Waals surface area contributed by atoms with Gasteiger partial charge in [-0.1, -0.05) is 32.1 Å². The fourth-order valence-electron chi connectivity index (χ4n) is 3.57. The Morgan fingerprint density at radius 2 is 1.74 bits per heavy atom. The number of carbonyl (C=O) groups excluding carboxylic acids is 1. The summed E-state index contributed by atoms with van der Waals surface area (Å²) in [6.07, 6.45) is 11.0. The molecule has 2 fully saturated rings. The average Bonchev–Trinajstić information content (AvgIpc) is 2.46. The second kappa shape index (κ2) is 7.28. The lowest BCUT2D eigenvalue weighted by atomic mass is 9.86. The average molecular weight is 266 g/mol. The van der Waals surface area contributed by atoms with E-state index < -0.39 is 0 Å². The molecule has 19 heavy (non-hydrogen) atoms. The van der Waals surface area contributed by atoms with E-state index in [-0.39, 0.29) is 0 Å². The van der Waals surface area contributed by atoms with Crippen molar-refractivity contribution < 1.29 is 4.79 Å². The van der Waals surface area contributed by atoms with E-state index in [0.717, 1.165) is 44.7 Å². The highest BCUT2D eigenvalue weighted by molar-refractivity contribution is 5.76. The van der Waals surface area contributed by atoms with Crippen LogP contribution in [-0.2, 0) is 4.79 Å². The van der Waals surface area contributed by atoms with Gasteiger partial charge in [0.15, 0.2) is 0 Å². The van der Waals surface area contributed by atoms with Gasteiger partial charge in [0, 0.05) is 19.5 Å². The number of likely N-dealkylation sites (tertiary alicyclic amines) is 1. The molecule has 3 heteroatoms. The van der Waals surface area contributed by atoms with Crippen molar-refractivity contribution in [3.8, 4) is 0 Å². The van der Waals surface area contributed by atoms with Gasteiger partial charge in [0.25, 0.3) is 0 Å². The third-order valence-electron chi connectivity index (χ3n) is 5.12. The monoisotopic (exact) mass is 266 g/mol. The lowest BCUT2D eigenvalue weighted by molar-refractivity contribution is -0.133. The number of piperidine rings is 1. The first-order valence-electron chi connectivity index (χ1n) is 8.11. The normalized spacial score (nSPS) is 23.5. The van der Waals surface area contributed by atoms with E-state index in [4.69, 9.17) is 0 Å². The van der Waals surface area contributed by atoms with Crippen LogP contribution in [0.15, 0.2) is 0 Å². The second-order valence-corrected chi connectivity index (χ2v) is 6.58. The molecule has 1 heterocycles. The van der Waals surface area contributed by atoms with Crippen LogP contribution in [0.5, 0.6) is 0 Å². The van der Waals surface area contributed by atoms with Crippen LogP contribution in [0.25, 0.3) is 0 Å². The van der Waals surface area contributed by atoms with Crippen LogP contribution in [-0.4, -0.2) is 48.9 Å². The predicted molar refractivity (Wildman–Crippen MR) is 79.1 cm³/mol. The molecule has 1 amide bonds. The first-order valence-corrected chi connectivity index (χ1v) is 8.11. The molecule has 1 saturated carbocycles. The summed E-state index contributed by atoms with van der Waals surface area (Å²) in [7, 11) is 4.18. The molecular weight excluding hydrogens is 236 g/mol. The Bertz CT molecular complexity index is 278. The molecule has 0 atom stereocenters. The van der Waals surface area contributed by atoms with Gasteiger partial charge in [-0.15, -0.1) is 0 Å². The van der Waals surface area contributed by atoms with Crippen molar-refractivity contribution in [1.29, 1.82) is 0 Å². The summed E-state index contributed by atoms with van der Waals surface area (Å²) in [6, 6.07) is 0.482. The Hall–Kier alpha value is -0.570. The molecule has 1 saturated heterocycles. The van der Waals surface area contributed by atoms with Crippen molar-refractivity contribution >= 4 is 5.91 Å². The molecule has 3 nitrogen and oxygen atoms in total. The first kappa shape index (κ1) is 14.8. The SMILES string of the molecule is CN1CCC(N(C)C(=O)CCC2CCCCC2)CC1. The Labute approximate surface area is 118 Å². The van der Waals surface area contributed by atoms with E-state index in [1.165, 1.54) is 32.1 Å². The number of rotatable bonds is 4. The fraction of sp³-hybridized carbons (Fsp3) is 0.938. The molecule has 0 aromatic rings. The molecule has 110 valence electrons. The van der Waals surface area contributed by atoms with Gasteiger partial charge in [-0.3, -0.25) is 4.79 Å². The van der Waals surface area contributed by atoms with Gasteiger partial charge in [-0.05, 0) is 45.3 Å². The summed E-state index contributed by atoms with van der Waals surface area (Å²) < 4.78 is 0. The number of carbonyl (C=O) groups is 1. The fourth-order valence-corrected chi connectivity index (χ4v) is 3.57. The van der Waals surface area contributed by atoms with Gasteiger partial charge in [-0.25, -0.2) is 0 Å². The number of nitrogens with zero attached hydrogens (tertiary/aromatic N) is 2. The van der Waals surface area contributed by atoms with Gasteiger partial charge >= 0.3 is 0 Å². The smallest absolute Gasteiger partial charge is 0.222 e. The third kappa shape index (κ3) is 4.48. The zero-order valence-corrected chi connectivity index (χ0v) is 12.7. The maximum Gasteiger partial charge on any atom is 0.222 e. The largest absolute Gasteiger partial charge is 0.343 e. The van der Waals surface area contributed by atoms with Gasteiger partial charge in [0.05, 0.1) is 0 Å². The van der Waals surface area contributed by atoms with E-state index in [2.05, 4.69) is 11.9 Å². The van der Waals surface area contributed by atoms with E-state index in [1.54, 1.807) is 0 Å². The molecule has 0 aromatic heterocycles. The Morgan fingerprint density at radius 1 is 1.11 bits per heavy atom. The van der Waals surface area contributed by atoms with Crippen molar-refractivity contribution in [3.05, 3.63) is 0 Å². The van der Waals surface area contributed by atoms with Crippen molar-refractivity contribution in [3.63, 3.8) is 0 Å². The highest BCUT2D eigenvalue weighted by atomic mass is 16.2. The van der Waals surface area contributed by atoms with Crippen LogP contribution < -0.4 is 0 Å². The Morgan fingerprint density at radius 3 is 2.37 bits per heavy atom. The molecule has 0 N–H and O–H groups in total. The van der Waals surface area contributed by atoms with Crippen LogP contribution >= 0.6 is 0 Å². The van der Waals surface area contributed by atoms with Gasteiger partial charge in [-0.2, -0.15) is 0 Å². The summed E-state index contributed by atoms with van der Waals surface area (Å²) in [6.45, 7) is 2.26. The molecular formula is C16H30N2O. The van der Waals surface area contributed by atoms with E-state index in [9.17, 15) is 4.79 Å². The van der Waals surface area contributed by atoms with Crippen molar-refractivity contribution in [2.75, 3.05) is 27.2 Å². The predicted octanol–water partition coefficient (Wildman–Crippen LogP) is 2.90. The van der Waals surface area contributed by atoms with Gasteiger partial charge < -0.3 is 9.80 Å². The molecule has 2 aliphatic rings. The lowest BCUT2D eigenvalue weighted by Crippen LogP contribution is -2.44. The van der Waals surface area contributed by atoms with Crippen LogP contribution in [0.4, 0.5) is 0 Å². The van der Waals surface area contributed by atoms with Crippen molar-refractivity contribution in [1.82, 2.24) is 9.80 Å². The molecule has 0 bridgehead atoms. The third-order valence-corrected chi connectivity index (χ3v) is 5.12. The van der Waals surface area contributed by atoms with E-state index in [0.29, 0.717) is 11.9 Å². The highest BCUT2D eigenvalue weighted by Gasteiger charge is 2.24. The van der Waals surface area contributed by atoms with Crippen LogP contribution in [0.2, 0.25) is 0 Å². The molecule has 0 aromatic carbocycles. The molecule has 1 aliphatic carbocycles. The maximum atomic E-state index is 12.3. The van der Waals surface area contributed by atoms with Crippen LogP contribution in [0, 0.1) is 5.92 Å². The first-order chi connectivity index (χ1) is 9.16. The number of hydrogen-bond acceptors (Lipinski definition) is 2. The number of hydrogen-bond donors (Lipinski definition) is 0. The molecule has 0 unspecified atom stereocenters. The molecule has 2 rings (SSSR count).